The maximum absolute atomic E-state index is 10.7. The molecule has 32 heavy (non-hydrogen) atoms. The number of ether oxygens (including phenoxy) is 1. The van der Waals surface area contributed by atoms with Crippen molar-refractivity contribution in [1.82, 2.24) is 25.7 Å². The summed E-state index contributed by atoms with van der Waals surface area (Å²) in [7, 11) is 3.65. The Hall–Kier alpha value is -3.26. The van der Waals surface area contributed by atoms with Gasteiger partial charge >= 0.3 is 0 Å². The van der Waals surface area contributed by atoms with Gasteiger partial charge in [-0.05, 0) is 62.4 Å². The smallest absolute Gasteiger partial charge is 0.233 e. The van der Waals surface area contributed by atoms with Crippen molar-refractivity contribution in [1.29, 1.82) is 0 Å². The standard InChI is InChI=1S/C24H28N6O2/c1-24-9-8-17(26-24)12-18(13-24)30(2)22-7-6-20(27-28-22)19-5-4-15(10-21(19)31)16-11-23(32-3)29-25-14-16/h4-7,10-11,14,17-18,26,31H,8-9,12-13H2,1-3H3/t17?,18-,24+/m0/s1. The lowest BCUT2D eigenvalue weighted by molar-refractivity contribution is 0.266. The number of aromatic hydroxyl groups is 1. The van der Waals surface area contributed by atoms with Gasteiger partial charge in [-0.25, -0.2) is 0 Å². The average Bonchev–Trinajstić information content (AvgIpc) is 3.10. The summed E-state index contributed by atoms with van der Waals surface area (Å²) in [5, 5.41) is 31.1. The summed E-state index contributed by atoms with van der Waals surface area (Å²) < 4.78 is 5.13. The predicted molar refractivity (Wildman–Crippen MR) is 123 cm³/mol. The second-order valence-electron chi connectivity index (χ2n) is 9.14. The largest absolute Gasteiger partial charge is 0.507 e. The minimum atomic E-state index is 0.136. The normalized spacial score (nSPS) is 24.3. The highest BCUT2D eigenvalue weighted by Crippen LogP contribution is 2.38. The molecule has 2 aliphatic heterocycles. The van der Waals surface area contributed by atoms with Crippen LogP contribution >= 0.6 is 0 Å². The average molecular weight is 433 g/mol. The number of methoxy groups -OCH3 is 1. The van der Waals surface area contributed by atoms with E-state index in [1.54, 1.807) is 25.4 Å². The third kappa shape index (κ3) is 3.86. The molecule has 166 valence electrons. The number of nitrogens with zero attached hydrogens (tertiary/aromatic N) is 5. The fourth-order valence-electron chi connectivity index (χ4n) is 5.07. The quantitative estimate of drug-likeness (QED) is 0.633. The molecule has 0 spiro atoms. The van der Waals surface area contributed by atoms with Gasteiger partial charge in [-0.15, -0.1) is 15.3 Å². The Kier molecular flexibility index (Phi) is 5.17. The summed E-state index contributed by atoms with van der Waals surface area (Å²) in [6.07, 6.45) is 6.37. The molecule has 2 aliphatic rings. The molecule has 0 saturated carbocycles. The van der Waals surface area contributed by atoms with Crippen molar-refractivity contribution in [3.63, 3.8) is 0 Å². The molecule has 8 nitrogen and oxygen atoms in total. The van der Waals surface area contributed by atoms with E-state index in [9.17, 15) is 5.11 Å². The Morgan fingerprint density at radius 1 is 1.12 bits per heavy atom. The van der Waals surface area contributed by atoms with Crippen molar-refractivity contribution in [3.8, 4) is 34.0 Å². The lowest BCUT2D eigenvalue weighted by Crippen LogP contribution is -2.53. The minimum Gasteiger partial charge on any atom is -0.507 e. The van der Waals surface area contributed by atoms with E-state index in [2.05, 4.69) is 44.6 Å². The summed E-state index contributed by atoms with van der Waals surface area (Å²) in [5.41, 5.74) is 3.13. The molecule has 0 amide bonds. The monoisotopic (exact) mass is 432 g/mol. The fraction of sp³-hybridized carbons (Fsp3) is 0.417. The van der Waals surface area contributed by atoms with Gasteiger partial charge < -0.3 is 20.1 Å². The van der Waals surface area contributed by atoms with Gasteiger partial charge in [0.05, 0.1) is 19.0 Å². The van der Waals surface area contributed by atoms with Crippen LogP contribution in [0.25, 0.3) is 22.4 Å². The van der Waals surface area contributed by atoms with E-state index in [1.165, 1.54) is 12.8 Å². The summed E-state index contributed by atoms with van der Waals surface area (Å²) in [4.78, 5) is 2.25. The number of nitrogens with one attached hydrogen (secondary N) is 1. The predicted octanol–water partition coefficient (Wildman–Crippen LogP) is 3.42. The lowest BCUT2D eigenvalue weighted by atomic mass is 9.88. The first-order valence-corrected chi connectivity index (χ1v) is 11.0. The van der Waals surface area contributed by atoms with Gasteiger partial charge in [0, 0.05) is 41.9 Å². The number of phenols is 1. The van der Waals surface area contributed by atoms with Crippen molar-refractivity contribution >= 4 is 5.82 Å². The zero-order valence-corrected chi connectivity index (χ0v) is 18.6. The van der Waals surface area contributed by atoms with Gasteiger partial charge in [-0.1, -0.05) is 6.07 Å². The first-order valence-electron chi connectivity index (χ1n) is 11.0. The van der Waals surface area contributed by atoms with E-state index < -0.39 is 0 Å². The highest BCUT2D eigenvalue weighted by molar-refractivity contribution is 5.74. The highest BCUT2D eigenvalue weighted by Gasteiger charge is 2.43. The molecule has 2 fully saturated rings. The van der Waals surface area contributed by atoms with E-state index in [1.807, 2.05) is 24.3 Å². The Bertz CT molecular complexity index is 1120. The van der Waals surface area contributed by atoms with Gasteiger partial charge in [0.25, 0.3) is 0 Å². The molecule has 5 rings (SSSR count). The van der Waals surface area contributed by atoms with Crippen LogP contribution in [-0.2, 0) is 0 Å². The maximum Gasteiger partial charge on any atom is 0.233 e. The van der Waals surface area contributed by atoms with Crippen LogP contribution in [-0.4, -0.2) is 57.3 Å². The molecule has 3 atom stereocenters. The molecule has 2 saturated heterocycles. The van der Waals surface area contributed by atoms with E-state index >= 15 is 0 Å². The van der Waals surface area contributed by atoms with Crippen LogP contribution in [0.4, 0.5) is 5.82 Å². The molecular formula is C24H28N6O2. The van der Waals surface area contributed by atoms with Crippen LogP contribution in [0.5, 0.6) is 11.6 Å². The molecule has 1 aromatic carbocycles. The number of phenolic OH excluding ortho intramolecular Hbond substituents is 1. The molecule has 0 radical (unpaired) electrons. The first-order chi connectivity index (χ1) is 15.4. The van der Waals surface area contributed by atoms with Crippen molar-refractivity contribution in [3.05, 3.63) is 42.6 Å². The molecule has 8 heteroatoms. The van der Waals surface area contributed by atoms with Gasteiger partial charge in [-0.3, -0.25) is 0 Å². The Labute approximate surface area is 187 Å². The molecule has 2 bridgehead atoms. The van der Waals surface area contributed by atoms with E-state index in [-0.39, 0.29) is 11.3 Å². The van der Waals surface area contributed by atoms with Gasteiger partial charge in [0.1, 0.15) is 5.75 Å². The molecule has 0 aliphatic carbocycles. The van der Waals surface area contributed by atoms with Crippen molar-refractivity contribution in [2.24, 2.45) is 0 Å². The summed E-state index contributed by atoms with van der Waals surface area (Å²) >= 11 is 0. The lowest BCUT2D eigenvalue weighted by Gasteiger charge is -2.41. The van der Waals surface area contributed by atoms with E-state index in [0.717, 1.165) is 29.8 Å². The van der Waals surface area contributed by atoms with Gasteiger partial charge in [0.2, 0.25) is 5.88 Å². The molecule has 1 unspecified atom stereocenters. The Morgan fingerprint density at radius 3 is 2.72 bits per heavy atom. The third-order valence-corrected chi connectivity index (χ3v) is 6.85. The number of fused-ring (bicyclic) bond motifs is 2. The second-order valence-corrected chi connectivity index (χ2v) is 9.14. The summed E-state index contributed by atoms with van der Waals surface area (Å²) in [6, 6.07) is 12.2. The minimum absolute atomic E-state index is 0.136. The number of benzene rings is 1. The number of anilines is 1. The van der Waals surface area contributed by atoms with Crippen molar-refractivity contribution < 1.29 is 9.84 Å². The third-order valence-electron chi connectivity index (χ3n) is 6.85. The SMILES string of the molecule is COc1cc(-c2ccc(-c3ccc(N(C)[C@H]4CC5CC[C@](C)(C4)N5)nn3)c(O)c2)cnn1. The first kappa shape index (κ1) is 20.6. The number of hydrogen-bond donors (Lipinski definition) is 2. The zero-order valence-electron chi connectivity index (χ0n) is 18.6. The van der Waals surface area contributed by atoms with Crippen LogP contribution in [0.2, 0.25) is 0 Å². The van der Waals surface area contributed by atoms with Crippen LogP contribution < -0.4 is 15.0 Å². The van der Waals surface area contributed by atoms with E-state index in [0.29, 0.717) is 29.2 Å². The second kappa shape index (κ2) is 8.02. The molecular weight excluding hydrogens is 404 g/mol. The van der Waals surface area contributed by atoms with Crippen LogP contribution in [0.1, 0.15) is 32.6 Å². The molecule has 2 aromatic heterocycles. The maximum atomic E-state index is 10.7. The molecule has 4 heterocycles. The number of aromatic nitrogens is 4. The van der Waals surface area contributed by atoms with Crippen LogP contribution in [0.3, 0.4) is 0 Å². The number of rotatable bonds is 5. The fourth-order valence-corrected chi connectivity index (χ4v) is 5.07. The Balaban J connectivity index is 1.34. The van der Waals surface area contributed by atoms with Crippen LogP contribution in [0.15, 0.2) is 42.6 Å². The summed E-state index contributed by atoms with van der Waals surface area (Å²) in [6.45, 7) is 2.33. The number of piperidine rings is 1. The van der Waals surface area contributed by atoms with Gasteiger partial charge in [0.15, 0.2) is 5.82 Å². The van der Waals surface area contributed by atoms with E-state index in [4.69, 9.17) is 4.74 Å². The summed E-state index contributed by atoms with van der Waals surface area (Å²) in [5.74, 6) is 1.42. The van der Waals surface area contributed by atoms with Crippen LogP contribution in [0, 0.1) is 0 Å². The zero-order chi connectivity index (χ0) is 22.3. The topological polar surface area (TPSA) is 96.3 Å². The van der Waals surface area contributed by atoms with Gasteiger partial charge in [-0.2, -0.15) is 5.10 Å². The molecule has 3 aromatic rings. The highest BCUT2D eigenvalue weighted by atomic mass is 16.5. The van der Waals surface area contributed by atoms with Crippen molar-refractivity contribution in [2.75, 3.05) is 19.1 Å². The molecule has 2 N–H and O–H groups in total. The number of hydrogen-bond acceptors (Lipinski definition) is 8. The van der Waals surface area contributed by atoms with Crippen molar-refractivity contribution in [2.45, 2.75) is 50.2 Å². The Morgan fingerprint density at radius 2 is 2.00 bits per heavy atom.